The zero-order chi connectivity index (χ0) is 10.6. The Morgan fingerprint density at radius 2 is 2.29 bits per heavy atom. The fourth-order valence-electron chi connectivity index (χ4n) is 1.63. The number of ether oxygens (including phenoxy) is 2. The van der Waals surface area contributed by atoms with Gasteiger partial charge in [-0.2, -0.15) is 0 Å². The number of rotatable bonds is 4. The molecule has 2 unspecified atom stereocenters. The molecule has 1 aliphatic heterocycles. The van der Waals surface area contributed by atoms with Gasteiger partial charge < -0.3 is 9.47 Å². The number of morpholine rings is 1. The van der Waals surface area contributed by atoms with Crippen molar-refractivity contribution in [2.24, 2.45) is 0 Å². The van der Waals surface area contributed by atoms with Gasteiger partial charge in [0, 0.05) is 19.7 Å². The minimum Gasteiger partial charge on any atom is -0.377 e. The van der Waals surface area contributed by atoms with Gasteiger partial charge in [-0.15, -0.1) is 0 Å². The highest BCUT2D eigenvalue weighted by Crippen LogP contribution is 2.10. The van der Waals surface area contributed by atoms with Crippen LogP contribution in [0.5, 0.6) is 0 Å². The summed E-state index contributed by atoms with van der Waals surface area (Å²) in [5.74, 6) is 0.133. The average molecular weight is 201 g/mol. The SMILES string of the molecule is COCC(=O)CN1CC(C)OCC1C. The third kappa shape index (κ3) is 3.36. The Labute approximate surface area is 85.2 Å². The van der Waals surface area contributed by atoms with E-state index in [9.17, 15) is 4.79 Å². The molecule has 0 amide bonds. The van der Waals surface area contributed by atoms with E-state index in [2.05, 4.69) is 11.8 Å². The molecule has 14 heavy (non-hydrogen) atoms. The minimum atomic E-state index is 0.133. The van der Waals surface area contributed by atoms with Crippen molar-refractivity contribution in [3.05, 3.63) is 0 Å². The number of methoxy groups -OCH3 is 1. The van der Waals surface area contributed by atoms with E-state index in [1.54, 1.807) is 7.11 Å². The van der Waals surface area contributed by atoms with E-state index in [1.807, 2.05) is 6.92 Å². The lowest BCUT2D eigenvalue weighted by molar-refractivity contribution is -0.127. The maximum absolute atomic E-state index is 11.4. The van der Waals surface area contributed by atoms with Gasteiger partial charge >= 0.3 is 0 Å². The molecule has 0 radical (unpaired) electrons. The van der Waals surface area contributed by atoms with Crippen LogP contribution in [0, 0.1) is 0 Å². The second-order valence-electron chi connectivity index (χ2n) is 3.89. The molecular weight excluding hydrogens is 182 g/mol. The summed E-state index contributed by atoms with van der Waals surface area (Å²) in [7, 11) is 1.54. The van der Waals surface area contributed by atoms with Crippen LogP contribution < -0.4 is 0 Å². The number of carbonyl (C=O) groups is 1. The van der Waals surface area contributed by atoms with Crippen molar-refractivity contribution in [1.82, 2.24) is 4.90 Å². The number of nitrogens with zero attached hydrogens (tertiary/aromatic N) is 1. The molecule has 0 saturated carbocycles. The number of carbonyl (C=O) groups excluding carboxylic acids is 1. The van der Waals surface area contributed by atoms with Gasteiger partial charge in [0.25, 0.3) is 0 Å². The van der Waals surface area contributed by atoms with Crippen LogP contribution in [0.4, 0.5) is 0 Å². The van der Waals surface area contributed by atoms with Crippen LogP contribution >= 0.6 is 0 Å². The maximum Gasteiger partial charge on any atom is 0.172 e. The average Bonchev–Trinajstić information content (AvgIpc) is 2.12. The molecule has 0 aliphatic carbocycles. The van der Waals surface area contributed by atoms with E-state index in [4.69, 9.17) is 9.47 Å². The normalized spacial score (nSPS) is 29.1. The van der Waals surface area contributed by atoms with E-state index >= 15 is 0 Å². The molecule has 4 nitrogen and oxygen atoms in total. The van der Waals surface area contributed by atoms with E-state index in [1.165, 1.54) is 0 Å². The van der Waals surface area contributed by atoms with Crippen LogP contribution in [-0.4, -0.2) is 56.2 Å². The molecule has 1 aliphatic rings. The van der Waals surface area contributed by atoms with Gasteiger partial charge in [-0.3, -0.25) is 9.69 Å². The van der Waals surface area contributed by atoms with Gasteiger partial charge in [0.1, 0.15) is 6.61 Å². The number of Topliss-reactive ketones (excluding diaryl/α,β-unsaturated/α-hetero) is 1. The molecule has 4 heteroatoms. The molecule has 82 valence electrons. The van der Waals surface area contributed by atoms with Crippen molar-refractivity contribution in [2.75, 3.05) is 33.4 Å². The van der Waals surface area contributed by atoms with Crippen molar-refractivity contribution in [1.29, 1.82) is 0 Å². The number of hydrogen-bond acceptors (Lipinski definition) is 4. The van der Waals surface area contributed by atoms with Gasteiger partial charge in [-0.1, -0.05) is 0 Å². The number of hydrogen-bond donors (Lipinski definition) is 0. The van der Waals surface area contributed by atoms with Crippen LogP contribution in [0.15, 0.2) is 0 Å². The quantitative estimate of drug-likeness (QED) is 0.656. The predicted octanol–water partition coefficient (Wildman–Crippen LogP) is 0.311. The molecule has 0 N–H and O–H groups in total. The van der Waals surface area contributed by atoms with Crippen molar-refractivity contribution < 1.29 is 14.3 Å². The van der Waals surface area contributed by atoms with E-state index < -0.39 is 0 Å². The minimum absolute atomic E-state index is 0.133. The smallest absolute Gasteiger partial charge is 0.172 e. The molecule has 1 fully saturated rings. The molecule has 0 bridgehead atoms. The first-order chi connectivity index (χ1) is 6.63. The Kier molecular flexibility index (Phi) is 4.51. The Morgan fingerprint density at radius 1 is 1.57 bits per heavy atom. The first-order valence-corrected chi connectivity index (χ1v) is 4.99. The third-order valence-electron chi connectivity index (χ3n) is 2.42. The van der Waals surface area contributed by atoms with E-state index in [0.717, 1.165) is 6.54 Å². The molecule has 0 spiro atoms. The Bertz CT molecular complexity index is 196. The summed E-state index contributed by atoms with van der Waals surface area (Å²) >= 11 is 0. The first kappa shape index (κ1) is 11.6. The molecule has 1 rings (SSSR count). The summed E-state index contributed by atoms with van der Waals surface area (Å²) in [6.45, 7) is 6.32. The van der Waals surface area contributed by atoms with Gasteiger partial charge in [0.05, 0.1) is 19.3 Å². The predicted molar refractivity (Wildman–Crippen MR) is 53.3 cm³/mol. The third-order valence-corrected chi connectivity index (χ3v) is 2.42. The lowest BCUT2D eigenvalue weighted by Crippen LogP contribution is -2.49. The summed E-state index contributed by atoms with van der Waals surface area (Å²) in [6, 6.07) is 0.326. The van der Waals surface area contributed by atoms with Gasteiger partial charge in [-0.25, -0.2) is 0 Å². The second kappa shape index (κ2) is 5.44. The van der Waals surface area contributed by atoms with Crippen molar-refractivity contribution in [3.8, 4) is 0 Å². The molecule has 2 atom stereocenters. The molecular formula is C10H19NO3. The maximum atomic E-state index is 11.4. The van der Waals surface area contributed by atoms with E-state index in [-0.39, 0.29) is 18.5 Å². The lowest BCUT2D eigenvalue weighted by Gasteiger charge is -2.36. The number of ketones is 1. The summed E-state index contributed by atoms with van der Waals surface area (Å²) in [5, 5.41) is 0. The summed E-state index contributed by atoms with van der Waals surface area (Å²) < 4.78 is 10.3. The molecule has 1 heterocycles. The summed E-state index contributed by atoms with van der Waals surface area (Å²) in [4.78, 5) is 13.5. The van der Waals surface area contributed by atoms with Crippen molar-refractivity contribution >= 4 is 5.78 Å². The molecule has 0 aromatic heterocycles. The van der Waals surface area contributed by atoms with Gasteiger partial charge in [0.15, 0.2) is 5.78 Å². The van der Waals surface area contributed by atoms with Crippen molar-refractivity contribution in [3.63, 3.8) is 0 Å². The topological polar surface area (TPSA) is 38.8 Å². The van der Waals surface area contributed by atoms with Crippen LogP contribution in [0.1, 0.15) is 13.8 Å². The van der Waals surface area contributed by atoms with E-state index in [0.29, 0.717) is 19.2 Å². The molecule has 1 saturated heterocycles. The van der Waals surface area contributed by atoms with Crippen LogP contribution in [0.2, 0.25) is 0 Å². The van der Waals surface area contributed by atoms with Crippen molar-refractivity contribution in [2.45, 2.75) is 26.0 Å². The summed E-state index contributed by atoms with van der Waals surface area (Å²) in [5.41, 5.74) is 0. The Morgan fingerprint density at radius 3 is 2.93 bits per heavy atom. The second-order valence-corrected chi connectivity index (χ2v) is 3.89. The highest BCUT2D eigenvalue weighted by Gasteiger charge is 2.24. The van der Waals surface area contributed by atoms with Gasteiger partial charge in [0.2, 0.25) is 0 Å². The first-order valence-electron chi connectivity index (χ1n) is 4.99. The van der Waals surface area contributed by atoms with Crippen LogP contribution in [-0.2, 0) is 14.3 Å². The highest BCUT2D eigenvalue weighted by molar-refractivity contribution is 5.81. The zero-order valence-corrected chi connectivity index (χ0v) is 9.16. The molecule has 0 aromatic carbocycles. The monoisotopic (exact) mass is 201 g/mol. The summed E-state index contributed by atoms with van der Waals surface area (Å²) in [6.07, 6.45) is 0.224. The molecule has 0 aromatic rings. The fourth-order valence-corrected chi connectivity index (χ4v) is 1.63. The zero-order valence-electron chi connectivity index (χ0n) is 9.16. The Hall–Kier alpha value is -0.450. The van der Waals surface area contributed by atoms with Crippen LogP contribution in [0.25, 0.3) is 0 Å². The fraction of sp³-hybridized carbons (Fsp3) is 0.900. The largest absolute Gasteiger partial charge is 0.377 e. The Balaban J connectivity index is 2.37. The van der Waals surface area contributed by atoms with Crippen LogP contribution in [0.3, 0.4) is 0 Å². The highest BCUT2D eigenvalue weighted by atomic mass is 16.5. The van der Waals surface area contributed by atoms with Gasteiger partial charge in [-0.05, 0) is 13.8 Å². The standard InChI is InChI=1S/C10H19NO3/c1-8-6-14-9(2)4-11(8)5-10(12)7-13-3/h8-9H,4-7H2,1-3H3. The lowest BCUT2D eigenvalue weighted by atomic mass is 10.2.